The molecular weight excluding hydrogens is 256 g/mol. The van der Waals surface area contributed by atoms with Crippen LogP contribution in [0.1, 0.15) is 47.5 Å². The Kier molecular flexibility index (Phi) is 8.11. The van der Waals surface area contributed by atoms with Gasteiger partial charge >= 0.3 is 0 Å². The third-order valence-electron chi connectivity index (χ3n) is 2.77. The van der Waals surface area contributed by atoms with E-state index >= 15 is 0 Å². The van der Waals surface area contributed by atoms with E-state index in [1.54, 1.807) is 0 Å². The topological polar surface area (TPSA) is 75.3 Å². The molecule has 0 aliphatic heterocycles. The van der Waals surface area contributed by atoms with E-state index in [1.165, 1.54) is 6.92 Å². The summed E-state index contributed by atoms with van der Waals surface area (Å²) < 4.78 is 0. The van der Waals surface area contributed by atoms with Gasteiger partial charge in [-0.2, -0.15) is 0 Å². The third-order valence-corrected chi connectivity index (χ3v) is 2.77. The predicted molar refractivity (Wildman–Crippen MR) is 77.8 cm³/mol. The maximum absolute atomic E-state index is 12.2. The van der Waals surface area contributed by atoms with Gasteiger partial charge < -0.3 is 10.6 Å². The summed E-state index contributed by atoms with van der Waals surface area (Å²) >= 11 is 0. The number of carbonyl (C=O) groups is 3. The second-order valence-electron chi connectivity index (χ2n) is 5.98. The van der Waals surface area contributed by atoms with Crippen LogP contribution in [0.15, 0.2) is 0 Å². The minimum absolute atomic E-state index is 0.233. The Hall–Kier alpha value is -1.39. The summed E-state index contributed by atoms with van der Waals surface area (Å²) in [5, 5.41) is 5.24. The molecule has 0 fully saturated rings. The molecule has 0 rings (SSSR count). The first-order valence-electron chi connectivity index (χ1n) is 7.00. The zero-order valence-corrected chi connectivity index (χ0v) is 13.0. The van der Waals surface area contributed by atoms with Crippen LogP contribution in [-0.4, -0.2) is 29.7 Å². The van der Waals surface area contributed by atoms with Gasteiger partial charge in [-0.1, -0.05) is 27.7 Å². The molecule has 20 heavy (non-hydrogen) atoms. The molecule has 0 aromatic heterocycles. The Morgan fingerprint density at radius 1 is 0.900 bits per heavy atom. The first-order chi connectivity index (χ1) is 9.13. The number of ketones is 1. The van der Waals surface area contributed by atoms with Crippen LogP contribution >= 0.6 is 0 Å². The fourth-order valence-electron chi connectivity index (χ4n) is 1.94. The Labute approximate surface area is 121 Å². The molecule has 2 atom stereocenters. The Bertz CT molecular complexity index is 351. The van der Waals surface area contributed by atoms with Crippen LogP contribution in [0.4, 0.5) is 0 Å². The monoisotopic (exact) mass is 282 g/mol. The van der Waals surface area contributed by atoms with Crippen LogP contribution in [-0.2, 0) is 14.4 Å². The van der Waals surface area contributed by atoms with Crippen molar-refractivity contribution in [2.24, 2.45) is 11.8 Å². The second kappa shape index (κ2) is 8.72. The SMILES string of the molecule is [CH]C(=O)[C@H](CC(C)C)NC(=O)[C@H](CC(C)C)NC(C)=O. The molecule has 0 unspecified atom stereocenters. The molecule has 114 valence electrons. The van der Waals surface area contributed by atoms with Gasteiger partial charge in [-0.15, -0.1) is 0 Å². The first-order valence-corrected chi connectivity index (χ1v) is 7.00. The van der Waals surface area contributed by atoms with Gasteiger partial charge in [0.1, 0.15) is 6.04 Å². The highest BCUT2D eigenvalue weighted by molar-refractivity contribution is 5.94. The van der Waals surface area contributed by atoms with Gasteiger partial charge in [-0.25, -0.2) is 0 Å². The number of carbonyl (C=O) groups excluding carboxylic acids is 3. The molecule has 0 saturated heterocycles. The maximum Gasteiger partial charge on any atom is 0.243 e. The highest BCUT2D eigenvalue weighted by atomic mass is 16.2. The normalized spacial score (nSPS) is 14.0. The quantitative estimate of drug-likeness (QED) is 0.705. The Morgan fingerprint density at radius 2 is 1.35 bits per heavy atom. The van der Waals surface area contributed by atoms with Crippen molar-refractivity contribution in [3.8, 4) is 0 Å². The summed E-state index contributed by atoms with van der Waals surface area (Å²) in [6.07, 6.45) is 0.994. The maximum atomic E-state index is 12.2. The van der Waals surface area contributed by atoms with Crippen LogP contribution in [0, 0.1) is 18.8 Å². The van der Waals surface area contributed by atoms with E-state index in [0.29, 0.717) is 12.8 Å². The molecule has 0 saturated carbocycles. The number of hydrogen-bond acceptors (Lipinski definition) is 3. The van der Waals surface area contributed by atoms with Gasteiger partial charge in [0, 0.05) is 13.8 Å². The summed E-state index contributed by atoms with van der Waals surface area (Å²) in [6.45, 7) is 14.5. The van der Waals surface area contributed by atoms with Gasteiger partial charge in [0.25, 0.3) is 0 Å². The molecule has 0 aromatic rings. The van der Waals surface area contributed by atoms with Gasteiger partial charge in [-0.05, 0) is 24.7 Å². The van der Waals surface area contributed by atoms with Crippen molar-refractivity contribution in [1.82, 2.24) is 10.6 Å². The minimum atomic E-state index is -0.703. The Morgan fingerprint density at radius 3 is 1.70 bits per heavy atom. The van der Waals surface area contributed by atoms with Crippen LogP contribution in [0.5, 0.6) is 0 Å². The lowest BCUT2D eigenvalue weighted by Gasteiger charge is -2.23. The zero-order chi connectivity index (χ0) is 15.9. The lowest BCUT2D eigenvalue weighted by molar-refractivity contribution is -0.130. The average molecular weight is 282 g/mol. The number of rotatable bonds is 8. The molecule has 0 heterocycles. The number of nitrogens with one attached hydrogen (secondary N) is 2. The van der Waals surface area contributed by atoms with E-state index in [9.17, 15) is 14.4 Å². The highest BCUT2D eigenvalue weighted by Gasteiger charge is 2.25. The molecule has 0 spiro atoms. The largest absolute Gasteiger partial charge is 0.345 e. The molecule has 0 bridgehead atoms. The van der Waals surface area contributed by atoms with Crippen molar-refractivity contribution in [1.29, 1.82) is 0 Å². The average Bonchev–Trinajstić information content (AvgIpc) is 2.24. The van der Waals surface area contributed by atoms with Gasteiger partial charge in [0.05, 0.1) is 6.04 Å². The Balaban J connectivity index is 4.77. The van der Waals surface area contributed by atoms with Crippen molar-refractivity contribution < 1.29 is 14.4 Å². The summed E-state index contributed by atoms with van der Waals surface area (Å²) in [5.41, 5.74) is 0. The molecule has 2 radical (unpaired) electrons. The molecule has 0 aliphatic carbocycles. The van der Waals surface area contributed by atoms with Gasteiger partial charge in [-0.3, -0.25) is 14.4 Å². The minimum Gasteiger partial charge on any atom is -0.345 e. The third kappa shape index (κ3) is 7.92. The van der Waals surface area contributed by atoms with Gasteiger partial charge in [0.15, 0.2) is 5.78 Å². The summed E-state index contributed by atoms with van der Waals surface area (Å²) in [7, 11) is 0. The predicted octanol–water partition coefficient (Wildman–Crippen LogP) is 1.35. The molecular formula is C15H26N2O3. The lowest BCUT2D eigenvalue weighted by Crippen LogP contribution is -2.51. The fourth-order valence-corrected chi connectivity index (χ4v) is 1.94. The molecule has 5 heteroatoms. The smallest absolute Gasteiger partial charge is 0.243 e. The highest BCUT2D eigenvalue weighted by Crippen LogP contribution is 2.09. The van der Waals surface area contributed by atoms with Crippen LogP contribution in [0.25, 0.3) is 0 Å². The van der Waals surface area contributed by atoms with Crippen LogP contribution < -0.4 is 10.6 Å². The zero-order valence-electron chi connectivity index (χ0n) is 13.0. The molecule has 0 aromatic carbocycles. The van der Waals surface area contributed by atoms with Crippen molar-refractivity contribution >= 4 is 17.6 Å². The molecule has 0 aliphatic rings. The lowest BCUT2D eigenvalue weighted by atomic mass is 9.99. The van der Waals surface area contributed by atoms with Crippen molar-refractivity contribution in [2.45, 2.75) is 59.5 Å². The van der Waals surface area contributed by atoms with Crippen molar-refractivity contribution in [3.63, 3.8) is 0 Å². The van der Waals surface area contributed by atoms with Gasteiger partial charge in [0.2, 0.25) is 11.8 Å². The van der Waals surface area contributed by atoms with E-state index in [0.717, 1.165) is 0 Å². The van der Waals surface area contributed by atoms with Crippen LogP contribution in [0.3, 0.4) is 0 Å². The summed E-state index contributed by atoms with van der Waals surface area (Å²) in [5.74, 6) is -0.714. The molecule has 2 amide bonds. The van der Waals surface area contributed by atoms with E-state index in [1.807, 2.05) is 27.7 Å². The number of Topliss-reactive ketones (excluding diaryl/α,β-unsaturated/α-hetero) is 1. The first kappa shape index (κ1) is 18.6. The molecule has 2 N–H and O–H groups in total. The van der Waals surface area contributed by atoms with Crippen molar-refractivity contribution in [3.05, 3.63) is 6.92 Å². The van der Waals surface area contributed by atoms with E-state index < -0.39 is 17.9 Å². The van der Waals surface area contributed by atoms with Crippen molar-refractivity contribution in [2.75, 3.05) is 0 Å². The summed E-state index contributed by atoms with van der Waals surface area (Å²) in [4.78, 5) is 34.7. The van der Waals surface area contributed by atoms with E-state index in [4.69, 9.17) is 6.92 Å². The summed E-state index contributed by atoms with van der Waals surface area (Å²) in [6, 6.07) is -1.34. The van der Waals surface area contributed by atoms with Crippen LogP contribution in [0.2, 0.25) is 0 Å². The second-order valence-corrected chi connectivity index (χ2v) is 5.98. The van der Waals surface area contributed by atoms with E-state index in [-0.39, 0.29) is 23.7 Å². The number of amides is 2. The molecule has 5 nitrogen and oxygen atoms in total. The standard InChI is InChI=1S/C15H26N2O3/c1-9(2)7-13(11(5)18)17-15(20)14(8-10(3)4)16-12(6)19/h5,9-10,13-14H,7-8H2,1-4,6H3,(H,16,19)(H,17,20)/t13-,14-/m0/s1. The van der Waals surface area contributed by atoms with E-state index in [2.05, 4.69) is 10.6 Å². The fraction of sp³-hybridized carbons (Fsp3) is 0.733. The number of hydrogen-bond donors (Lipinski definition) is 2.